The van der Waals surface area contributed by atoms with E-state index in [9.17, 15) is 9.59 Å². The number of aromatic nitrogens is 3. The van der Waals surface area contributed by atoms with E-state index in [1.807, 2.05) is 42.5 Å². The number of rotatable bonds is 5. The lowest BCUT2D eigenvalue weighted by Crippen LogP contribution is -2.29. The highest BCUT2D eigenvalue weighted by Gasteiger charge is 2.26. The molecule has 136 valence electrons. The molecule has 0 atom stereocenters. The summed E-state index contributed by atoms with van der Waals surface area (Å²) in [5.41, 5.74) is 4.21. The van der Waals surface area contributed by atoms with E-state index in [0.29, 0.717) is 24.2 Å². The van der Waals surface area contributed by atoms with Crippen molar-refractivity contribution in [2.24, 2.45) is 0 Å². The van der Waals surface area contributed by atoms with Crippen molar-refractivity contribution >= 4 is 17.6 Å². The molecule has 2 heterocycles. The highest BCUT2D eigenvalue weighted by atomic mass is 16.4. The van der Waals surface area contributed by atoms with E-state index in [1.165, 1.54) is 6.33 Å². The van der Waals surface area contributed by atoms with Gasteiger partial charge in [-0.1, -0.05) is 24.3 Å². The monoisotopic (exact) mass is 362 g/mol. The van der Waals surface area contributed by atoms with E-state index in [4.69, 9.17) is 5.11 Å². The number of amides is 1. The number of carboxylic acid groups (broad SMARTS) is 1. The van der Waals surface area contributed by atoms with Crippen LogP contribution in [0.3, 0.4) is 0 Å². The standard InChI is InChI=1S/C20H18N4O3/c25-19(26)10-15-3-4-16-7-8-24(18(16)9-15)20(27)17-5-1-14(2-6-17)11-23-13-21-12-22-23/h1-6,9,12-13H,7-8,10-11H2,(H,25,26). The number of fused-ring (bicyclic) bond motifs is 1. The van der Waals surface area contributed by atoms with Crippen molar-refractivity contribution in [1.82, 2.24) is 14.8 Å². The second kappa shape index (κ2) is 7.03. The maximum atomic E-state index is 13.0. The SMILES string of the molecule is O=C(O)Cc1ccc2c(c1)N(C(=O)c1ccc(Cn3cncn3)cc1)CC2. The number of carbonyl (C=O) groups excluding carboxylic acids is 1. The molecule has 2 aromatic carbocycles. The van der Waals surface area contributed by atoms with E-state index >= 15 is 0 Å². The third-order valence-corrected chi connectivity index (χ3v) is 4.66. The molecule has 1 aliphatic heterocycles. The number of carbonyl (C=O) groups is 2. The summed E-state index contributed by atoms with van der Waals surface area (Å²) < 4.78 is 1.72. The van der Waals surface area contributed by atoms with Gasteiger partial charge in [0.2, 0.25) is 0 Å². The molecule has 7 heteroatoms. The number of hydrogen-bond donors (Lipinski definition) is 1. The molecule has 3 aromatic rings. The van der Waals surface area contributed by atoms with E-state index in [2.05, 4.69) is 10.1 Å². The molecular weight excluding hydrogens is 344 g/mol. The zero-order valence-electron chi connectivity index (χ0n) is 14.6. The minimum atomic E-state index is -0.881. The van der Waals surface area contributed by atoms with Gasteiger partial charge in [-0.2, -0.15) is 5.10 Å². The van der Waals surface area contributed by atoms with Crippen LogP contribution in [0.15, 0.2) is 55.1 Å². The molecule has 0 saturated heterocycles. The molecule has 1 aliphatic rings. The molecule has 1 aromatic heterocycles. The fraction of sp³-hybridized carbons (Fsp3) is 0.200. The molecule has 0 spiro atoms. The molecule has 27 heavy (non-hydrogen) atoms. The van der Waals surface area contributed by atoms with Crippen molar-refractivity contribution in [1.29, 1.82) is 0 Å². The molecule has 0 unspecified atom stereocenters. The van der Waals surface area contributed by atoms with Gasteiger partial charge < -0.3 is 10.0 Å². The normalized spacial score (nSPS) is 12.8. The van der Waals surface area contributed by atoms with E-state index in [-0.39, 0.29) is 12.3 Å². The Morgan fingerprint density at radius 2 is 1.85 bits per heavy atom. The maximum Gasteiger partial charge on any atom is 0.307 e. The van der Waals surface area contributed by atoms with Gasteiger partial charge in [0.1, 0.15) is 12.7 Å². The minimum absolute atomic E-state index is 0.0493. The summed E-state index contributed by atoms with van der Waals surface area (Å²) in [5, 5.41) is 13.1. The first kappa shape index (κ1) is 17.0. The second-order valence-electron chi connectivity index (χ2n) is 6.53. The van der Waals surface area contributed by atoms with Crippen molar-refractivity contribution in [3.8, 4) is 0 Å². The lowest BCUT2D eigenvalue weighted by molar-refractivity contribution is -0.136. The van der Waals surface area contributed by atoms with Crippen molar-refractivity contribution in [3.05, 3.63) is 77.4 Å². The molecule has 0 saturated carbocycles. The van der Waals surface area contributed by atoms with E-state index in [1.54, 1.807) is 15.9 Å². The van der Waals surface area contributed by atoms with E-state index < -0.39 is 5.97 Å². The van der Waals surface area contributed by atoms with Crippen LogP contribution >= 0.6 is 0 Å². The Kier molecular flexibility index (Phi) is 4.42. The van der Waals surface area contributed by atoms with Gasteiger partial charge in [-0.05, 0) is 41.3 Å². The van der Waals surface area contributed by atoms with Crippen molar-refractivity contribution in [3.63, 3.8) is 0 Å². The maximum absolute atomic E-state index is 13.0. The Morgan fingerprint density at radius 3 is 2.56 bits per heavy atom. The Hall–Kier alpha value is -3.48. The largest absolute Gasteiger partial charge is 0.481 e. The van der Waals surface area contributed by atoms with Crippen LogP contribution in [-0.2, 0) is 24.2 Å². The van der Waals surface area contributed by atoms with Gasteiger partial charge >= 0.3 is 5.97 Å². The van der Waals surface area contributed by atoms with Crippen LogP contribution in [0.25, 0.3) is 0 Å². The van der Waals surface area contributed by atoms with E-state index in [0.717, 1.165) is 23.2 Å². The molecule has 0 fully saturated rings. The first-order valence-corrected chi connectivity index (χ1v) is 8.67. The first-order chi connectivity index (χ1) is 13.1. The van der Waals surface area contributed by atoms with Crippen LogP contribution in [0.5, 0.6) is 0 Å². The predicted octanol–water partition coefficient (Wildman–Crippen LogP) is 2.16. The predicted molar refractivity (Wildman–Crippen MR) is 98.7 cm³/mol. The second-order valence-corrected chi connectivity index (χ2v) is 6.53. The van der Waals surface area contributed by atoms with Crippen molar-refractivity contribution in [2.45, 2.75) is 19.4 Å². The lowest BCUT2D eigenvalue weighted by Gasteiger charge is -2.18. The highest BCUT2D eigenvalue weighted by molar-refractivity contribution is 6.07. The summed E-state index contributed by atoms with van der Waals surface area (Å²) >= 11 is 0. The van der Waals surface area contributed by atoms with Gasteiger partial charge in [0.25, 0.3) is 5.91 Å². The zero-order valence-corrected chi connectivity index (χ0v) is 14.6. The summed E-state index contributed by atoms with van der Waals surface area (Å²) in [6.07, 6.45) is 3.86. The van der Waals surface area contributed by atoms with Gasteiger partial charge in [0.15, 0.2) is 0 Å². The van der Waals surface area contributed by atoms with Crippen molar-refractivity contribution in [2.75, 3.05) is 11.4 Å². The molecule has 1 N–H and O–H groups in total. The lowest BCUT2D eigenvalue weighted by atomic mass is 10.1. The molecule has 1 amide bonds. The Bertz CT molecular complexity index is 981. The van der Waals surface area contributed by atoms with Gasteiger partial charge in [0, 0.05) is 17.8 Å². The summed E-state index contributed by atoms with van der Waals surface area (Å²) in [6.45, 7) is 1.20. The smallest absolute Gasteiger partial charge is 0.307 e. The van der Waals surface area contributed by atoms with Crippen LogP contribution in [0.1, 0.15) is 27.0 Å². The molecule has 7 nitrogen and oxygen atoms in total. The fourth-order valence-corrected chi connectivity index (χ4v) is 3.33. The zero-order chi connectivity index (χ0) is 18.8. The van der Waals surface area contributed by atoms with Crippen LogP contribution in [0.2, 0.25) is 0 Å². The van der Waals surface area contributed by atoms with Crippen LogP contribution in [-0.4, -0.2) is 38.3 Å². The fourth-order valence-electron chi connectivity index (χ4n) is 3.33. The number of hydrogen-bond acceptors (Lipinski definition) is 4. The number of benzene rings is 2. The quantitative estimate of drug-likeness (QED) is 0.751. The van der Waals surface area contributed by atoms with Gasteiger partial charge in [0.05, 0.1) is 13.0 Å². The van der Waals surface area contributed by atoms with Crippen LogP contribution in [0, 0.1) is 0 Å². The summed E-state index contributed by atoms with van der Waals surface area (Å²) in [4.78, 5) is 29.6. The number of anilines is 1. The van der Waals surface area contributed by atoms with Crippen molar-refractivity contribution < 1.29 is 14.7 Å². The molecule has 0 bridgehead atoms. The Morgan fingerprint density at radius 1 is 1.07 bits per heavy atom. The average Bonchev–Trinajstić information content (AvgIpc) is 3.30. The van der Waals surface area contributed by atoms with Gasteiger partial charge in [-0.15, -0.1) is 0 Å². The Labute approximate surface area is 155 Å². The van der Waals surface area contributed by atoms with Gasteiger partial charge in [-0.3, -0.25) is 9.59 Å². The molecule has 0 radical (unpaired) electrons. The first-order valence-electron chi connectivity index (χ1n) is 8.67. The molecular formula is C20H18N4O3. The highest BCUT2D eigenvalue weighted by Crippen LogP contribution is 2.30. The average molecular weight is 362 g/mol. The molecule has 4 rings (SSSR count). The summed E-state index contributed by atoms with van der Waals surface area (Å²) in [7, 11) is 0. The Balaban J connectivity index is 1.53. The topological polar surface area (TPSA) is 88.3 Å². The summed E-state index contributed by atoms with van der Waals surface area (Å²) in [5.74, 6) is -0.956. The number of aliphatic carboxylic acids is 1. The third kappa shape index (κ3) is 3.57. The summed E-state index contributed by atoms with van der Waals surface area (Å²) in [6, 6.07) is 13.0. The van der Waals surface area contributed by atoms with Gasteiger partial charge in [-0.25, -0.2) is 9.67 Å². The minimum Gasteiger partial charge on any atom is -0.481 e. The van der Waals surface area contributed by atoms with Crippen LogP contribution < -0.4 is 4.90 Å². The van der Waals surface area contributed by atoms with Crippen LogP contribution in [0.4, 0.5) is 5.69 Å². The number of carboxylic acids is 1. The molecule has 0 aliphatic carbocycles. The number of nitrogens with zero attached hydrogens (tertiary/aromatic N) is 4. The third-order valence-electron chi connectivity index (χ3n) is 4.66.